The van der Waals surface area contributed by atoms with Crippen LogP contribution in [0.25, 0.3) is 0 Å². The molecule has 2 atom stereocenters. The van der Waals surface area contributed by atoms with Gasteiger partial charge in [0.15, 0.2) is 0 Å². The predicted molar refractivity (Wildman–Crippen MR) is 78.9 cm³/mol. The third-order valence-electron chi connectivity index (χ3n) is 3.04. The van der Waals surface area contributed by atoms with Gasteiger partial charge in [-0.25, -0.2) is 0 Å². The molecule has 0 aliphatic rings. The first-order chi connectivity index (χ1) is 9.10. The minimum atomic E-state index is -0.504. The molecule has 0 bridgehead atoms. The first-order valence-corrected chi connectivity index (χ1v) is 7.70. The highest BCUT2D eigenvalue weighted by molar-refractivity contribution is 4.58. The summed E-state index contributed by atoms with van der Waals surface area (Å²) in [6, 6.07) is 0. The summed E-state index contributed by atoms with van der Waals surface area (Å²) < 4.78 is 5.58. The molecule has 0 rings (SSSR count). The Kier molecular flexibility index (Phi) is 12.7. The van der Waals surface area contributed by atoms with Gasteiger partial charge in [0.25, 0.3) is 0 Å². The van der Waals surface area contributed by atoms with Crippen molar-refractivity contribution in [1.82, 2.24) is 5.48 Å². The Morgan fingerprint density at radius 2 is 1.84 bits per heavy atom. The topological polar surface area (TPSA) is 50.7 Å². The van der Waals surface area contributed by atoms with Gasteiger partial charge in [-0.05, 0) is 18.3 Å². The van der Waals surface area contributed by atoms with Crippen LogP contribution in [0, 0.1) is 11.8 Å². The zero-order valence-electron chi connectivity index (χ0n) is 13.2. The fraction of sp³-hybridized carbons (Fsp3) is 1.00. The number of hydrogen-bond donors (Lipinski definition) is 2. The van der Waals surface area contributed by atoms with E-state index >= 15 is 0 Å². The minimum absolute atomic E-state index is 0.376. The van der Waals surface area contributed by atoms with Crippen LogP contribution in [0.2, 0.25) is 0 Å². The van der Waals surface area contributed by atoms with Crippen molar-refractivity contribution in [2.45, 2.75) is 59.5 Å². The average molecular weight is 275 g/mol. The molecule has 0 heterocycles. The number of rotatable bonds is 13. The Balaban J connectivity index is 3.47. The second-order valence-corrected chi connectivity index (χ2v) is 5.66. The van der Waals surface area contributed by atoms with Gasteiger partial charge in [-0.3, -0.25) is 0 Å². The summed E-state index contributed by atoms with van der Waals surface area (Å²) in [5.74, 6) is 1.11. The standard InChI is InChI=1S/C15H33NO3/c1-5-7-8-14(6-2)11-18-12-15(17)9-16-19-10-13(3)4/h13-17H,5-12H2,1-4H3. The molecule has 0 radical (unpaired) electrons. The fourth-order valence-corrected chi connectivity index (χ4v) is 1.71. The van der Waals surface area contributed by atoms with E-state index in [-0.39, 0.29) is 0 Å². The zero-order valence-corrected chi connectivity index (χ0v) is 13.2. The molecular weight excluding hydrogens is 242 g/mol. The number of unbranched alkanes of at least 4 members (excludes halogenated alkanes) is 1. The molecule has 0 aromatic heterocycles. The summed E-state index contributed by atoms with van der Waals surface area (Å²) in [6.45, 7) is 10.8. The van der Waals surface area contributed by atoms with Crippen molar-refractivity contribution in [3.8, 4) is 0 Å². The lowest BCUT2D eigenvalue weighted by atomic mass is 10.0. The first kappa shape index (κ1) is 18.8. The molecule has 19 heavy (non-hydrogen) atoms. The zero-order chi connectivity index (χ0) is 14.5. The van der Waals surface area contributed by atoms with Crippen LogP contribution < -0.4 is 5.48 Å². The Morgan fingerprint density at radius 3 is 2.42 bits per heavy atom. The fourth-order valence-electron chi connectivity index (χ4n) is 1.71. The summed E-state index contributed by atoms with van der Waals surface area (Å²) >= 11 is 0. The van der Waals surface area contributed by atoms with E-state index in [1.807, 2.05) is 0 Å². The Bertz CT molecular complexity index is 188. The van der Waals surface area contributed by atoms with Crippen LogP contribution in [-0.4, -0.2) is 37.6 Å². The van der Waals surface area contributed by atoms with E-state index in [9.17, 15) is 5.11 Å². The maximum absolute atomic E-state index is 9.71. The number of nitrogens with one attached hydrogen (secondary N) is 1. The Hall–Kier alpha value is -0.160. The normalized spacial score (nSPS) is 14.8. The number of ether oxygens (including phenoxy) is 1. The van der Waals surface area contributed by atoms with Crippen LogP contribution in [0.5, 0.6) is 0 Å². The van der Waals surface area contributed by atoms with Gasteiger partial charge in [0.2, 0.25) is 0 Å². The van der Waals surface area contributed by atoms with Gasteiger partial charge in [0, 0.05) is 13.2 Å². The van der Waals surface area contributed by atoms with Crippen LogP contribution >= 0.6 is 0 Å². The molecule has 2 unspecified atom stereocenters. The van der Waals surface area contributed by atoms with Gasteiger partial charge in [0.1, 0.15) is 0 Å². The van der Waals surface area contributed by atoms with E-state index in [0.717, 1.165) is 13.0 Å². The molecule has 0 spiro atoms. The maximum atomic E-state index is 9.71. The molecule has 0 saturated heterocycles. The quantitative estimate of drug-likeness (QED) is 0.401. The summed E-state index contributed by atoms with van der Waals surface area (Å²) in [5.41, 5.74) is 2.77. The van der Waals surface area contributed by atoms with Crippen LogP contribution in [0.3, 0.4) is 0 Å². The van der Waals surface area contributed by atoms with Gasteiger partial charge >= 0.3 is 0 Å². The second kappa shape index (κ2) is 12.9. The van der Waals surface area contributed by atoms with E-state index in [1.165, 1.54) is 19.3 Å². The molecule has 116 valence electrons. The van der Waals surface area contributed by atoms with E-state index in [2.05, 4.69) is 33.2 Å². The van der Waals surface area contributed by atoms with E-state index in [0.29, 0.717) is 31.6 Å². The Morgan fingerprint density at radius 1 is 1.11 bits per heavy atom. The van der Waals surface area contributed by atoms with Crippen LogP contribution in [0.4, 0.5) is 0 Å². The lowest BCUT2D eigenvalue weighted by Crippen LogP contribution is -2.32. The Labute approximate surface area is 118 Å². The van der Waals surface area contributed by atoms with Crippen molar-refractivity contribution < 1.29 is 14.7 Å². The largest absolute Gasteiger partial charge is 0.389 e. The minimum Gasteiger partial charge on any atom is -0.389 e. The van der Waals surface area contributed by atoms with Gasteiger partial charge in [-0.15, -0.1) is 0 Å². The van der Waals surface area contributed by atoms with Crippen molar-refractivity contribution >= 4 is 0 Å². The lowest BCUT2D eigenvalue weighted by Gasteiger charge is -2.17. The van der Waals surface area contributed by atoms with Crippen molar-refractivity contribution in [2.75, 3.05) is 26.4 Å². The molecule has 0 aliphatic heterocycles. The predicted octanol–water partition coefficient (Wildman–Crippen LogP) is 2.76. The van der Waals surface area contributed by atoms with Gasteiger partial charge in [-0.2, -0.15) is 5.48 Å². The van der Waals surface area contributed by atoms with Gasteiger partial charge in [-0.1, -0.05) is 47.0 Å². The number of aliphatic hydroxyl groups is 1. The van der Waals surface area contributed by atoms with Crippen LogP contribution in [0.1, 0.15) is 53.4 Å². The third-order valence-corrected chi connectivity index (χ3v) is 3.04. The molecule has 0 aliphatic carbocycles. The summed E-state index contributed by atoms with van der Waals surface area (Å²) in [4.78, 5) is 5.20. The maximum Gasteiger partial charge on any atom is 0.0920 e. The van der Waals surface area contributed by atoms with Gasteiger partial charge < -0.3 is 14.7 Å². The summed E-state index contributed by atoms with van der Waals surface area (Å²) in [6.07, 6.45) is 4.35. The molecule has 2 N–H and O–H groups in total. The third kappa shape index (κ3) is 12.6. The molecule has 0 fully saturated rings. The highest BCUT2D eigenvalue weighted by atomic mass is 16.6. The highest BCUT2D eigenvalue weighted by Crippen LogP contribution is 2.12. The van der Waals surface area contributed by atoms with E-state index in [4.69, 9.17) is 9.57 Å². The van der Waals surface area contributed by atoms with Crippen LogP contribution in [0.15, 0.2) is 0 Å². The van der Waals surface area contributed by atoms with Gasteiger partial charge in [0.05, 0.1) is 19.3 Å². The molecule has 0 saturated carbocycles. The van der Waals surface area contributed by atoms with Crippen molar-refractivity contribution in [2.24, 2.45) is 11.8 Å². The van der Waals surface area contributed by atoms with Crippen molar-refractivity contribution in [3.05, 3.63) is 0 Å². The van der Waals surface area contributed by atoms with Crippen molar-refractivity contribution in [1.29, 1.82) is 0 Å². The molecule has 4 nitrogen and oxygen atoms in total. The summed E-state index contributed by atoms with van der Waals surface area (Å²) in [7, 11) is 0. The van der Waals surface area contributed by atoms with Crippen LogP contribution in [-0.2, 0) is 9.57 Å². The number of hydrogen-bond acceptors (Lipinski definition) is 4. The highest BCUT2D eigenvalue weighted by Gasteiger charge is 2.09. The molecular formula is C15H33NO3. The molecule has 4 heteroatoms. The average Bonchev–Trinajstić information content (AvgIpc) is 2.38. The molecule has 0 aromatic carbocycles. The number of aliphatic hydroxyl groups excluding tert-OH is 1. The number of hydroxylamine groups is 1. The smallest absolute Gasteiger partial charge is 0.0920 e. The monoisotopic (exact) mass is 275 g/mol. The molecule has 0 aromatic rings. The van der Waals surface area contributed by atoms with E-state index < -0.39 is 6.10 Å². The molecule has 0 amide bonds. The second-order valence-electron chi connectivity index (χ2n) is 5.66. The lowest BCUT2D eigenvalue weighted by molar-refractivity contribution is -0.0277. The first-order valence-electron chi connectivity index (χ1n) is 7.70. The van der Waals surface area contributed by atoms with Crippen molar-refractivity contribution in [3.63, 3.8) is 0 Å². The SMILES string of the molecule is CCCCC(CC)COCC(O)CNOCC(C)C. The van der Waals surface area contributed by atoms with E-state index in [1.54, 1.807) is 0 Å². The summed E-state index contributed by atoms with van der Waals surface area (Å²) in [5, 5.41) is 9.71.